The Morgan fingerprint density at radius 1 is 1.00 bits per heavy atom. The molecule has 0 aromatic rings. The zero-order valence-electron chi connectivity index (χ0n) is 19.0. The number of rotatable bonds is 8. The first kappa shape index (κ1) is 26.6. The monoisotopic (exact) mass is 413 g/mol. The van der Waals surface area contributed by atoms with E-state index in [0.717, 1.165) is 0 Å². The molecule has 0 aromatic carbocycles. The van der Waals surface area contributed by atoms with Crippen LogP contribution < -0.4 is 10.6 Å². The number of hydrogen-bond donors (Lipinski definition) is 2. The van der Waals surface area contributed by atoms with Crippen LogP contribution in [-0.4, -0.2) is 61.2 Å². The number of amides is 2. The third-order valence-electron chi connectivity index (χ3n) is 2.99. The highest BCUT2D eigenvalue weighted by Crippen LogP contribution is 2.08. The zero-order chi connectivity index (χ0) is 22.8. The lowest BCUT2D eigenvalue weighted by Crippen LogP contribution is -2.40. The van der Waals surface area contributed by atoms with E-state index in [4.69, 9.17) is 14.2 Å². The summed E-state index contributed by atoms with van der Waals surface area (Å²) < 4.78 is 15.9. The van der Waals surface area contributed by atoms with Crippen molar-refractivity contribution >= 4 is 23.7 Å². The van der Waals surface area contributed by atoms with E-state index < -0.39 is 23.4 Å². The Kier molecular flexibility index (Phi) is 10.6. The Labute approximate surface area is 173 Å². The third-order valence-corrected chi connectivity index (χ3v) is 2.99. The second-order valence-electron chi connectivity index (χ2n) is 8.52. The summed E-state index contributed by atoms with van der Waals surface area (Å²) in [6, 6.07) is -0.292. The topological polar surface area (TPSA) is 115 Å². The number of nitrogens with zero attached hydrogens (tertiary/aromatic N) is 1. The zero-order valence-corrected chi connectivity index (χ0v) is 19.0. The van der Waals surface area contributed by atoms with Crippen LogP contribution in [0.2, 0.25) is 0 Å². The van der Waals surface area contributed by atoms with Crippen LogP contribution in [0.1, 0.15) is 55.4 Å². The van der Waals surface area contributed by atoms with E-state index in [0.29, 0.717) is 5.71 Å². The molecular formula is C20H35N3O6. The van der Waals surface area contributed by atoms with Gasteiger partial charge >= 0.3 is 12.2 Å². The summed E-state index contributed by atoms with van der Waals surface area (Å²) in [5, 5.41) is 5.09. The number of ketones is 1. The molecule has 2 amide bonds. The Morgan fingerprint density at radius 2 is 1.52 bits per heavy atom. The lowest BCUT2D eigenvalue weighted by Gasteiger charge is -2.22. The van der Waals surface area contributed by atoms with Crippen LogP contribution in [0.4, 0.5) is 9.59 Å². The van der Waals surface area contributed by atoms with E-state index in [1.54, 1.807) is 55.5 Å². The summed E-state index contributed by atoms with van der Waals surface area (Å²) in [7, 11) is 1.54. The van der Waals surface area contributed by atoms with Gasteiger partial charge in [0.05, 0.1) is 30.7 Å². The number of aliphatic imine (C=N–C) groups is 1. The average molecular weight is 414 g/mol. The van der Waals surface area contributed by atoms with Crippen molar-refractivity contribution in [3.63, 3.8) is 0 Å². The van der Waals surface area contributed by atoms with Gasteiger partial charge in [0.2, 0.25) is 0 Å². The second-order valence-corrected chi connectivity index (χ2v) is 8.52. The molecular weight excluding hydrogens is 378 g/mol. The van der Waals surface area contributed by atoms with Gasteiger partial charge in [-0.2, -0.15) is 0 Å². The number of Topliss-reactive ketones (excluding diaryl/α,β-unsaturated/α-hetero) is 1. The molecule has 29 heavy (non-hydrogen) atoms. The number of carbonyl (C=O) groups is 3. The summed E-state index contributed by atoms with van der Waals surface area (Å²) in [5.41, 5.74) is -0.783. The maximum atomic E-state index is 11.9. The van der Waals surface area contributed by atoms with Crippen molar-refractivity contribution in [2.24, 2.45) is 4.99 Å². The largest absolute Gasteiger partial charge is 0.444 e. The van der Waals surface area contributed by atoms with Gasteiger partial charge in [-0.05, 0) is 54.5 Å². The van der Waals surface area contributed by atoms with Crippen LogP contribution in [0.15, 0.2) is 16.8 Å². The van der Waals surface area contributed by atoms with Crippen molar-refractivity contribution in [1.29, 1.82) is 0 Å². The minimum atomic E-state index is -0.731. The van der Waals surface area contributed by atoms with Gasteiger partial charge < -0.3 is 19.5 Å². The standard InChI is InChI=1S/C20H35N3O6/c1-13(22-17(25)28-19(3,4)5)11-27-12-15(21-9)10-16(14(2)24)23-18(26)29-20(6,7)8/h10,13H,11-12H2,1-9H3,(H,22,25)(H,23,26)/b16-10+,21-15+/t13-/m1/s1. The van der Waals surface area contributed by atoms with Crippen molar-refractivity contribution in [2.45, 2.75) is 72.6 Å². The molecule has 0 rings (SSSR count). The van der Waals surface area contributed by atoms with Crippen molar-refractivity contribution in [2.75, 3.05) is 20.3 Å². The van der Waals surface area contributed by atoms with Crippen LogP contribution in [-0.2, 0) is 19.0 Å². The number of allylic oxidation sites excluding steroid dienone is 1. The number of hydrogen-bond acceptors (Lipinski definition) is 7. The van der Waals surface area contributed by atoms with E-state index in [1.807, 2.05) is 0 Å². The summed E-state index contributed by atoms with van der Waals surface area (Å²) in [5.74, 6) is -0.350. The molecule has 0 aliphatic carbocycles. The van der Waals surface area contributed by atoms with Crippen LogP contribution in [0.3, 0.4) is 0 Å². The summed E-state index contributed by atoms with van der Waals surface area (Å²) in [6.07, 6.45) is 0.168. The van der Waals surface area contributed by atoms with Crippen molar-refractivity contribution in [3.05, 3.63) is 11.8 Å². The SMILES string of the molecule is C/N=C(\C=C(\NC(=O)OC(C)(C)C)C(C)=O)COC[C@@H](C)NC(=O)OC(C)(C)C. The predicted octanol–water partition coefficient (Wildman–Crippen LogP) is 2.98. The molecule has 0 saturated heterocycles. The molecule has 0 unspecified atom stereocenters. The Morgan fingerprint density at radius 3 is 1.97 bits per heavy atom. The second kappa shape index (κ2) is 11.5. The molecule has 0 aliphatic heterocycles. The molecule has 0 aromatic heterocycles. The van der Waals surface area contributed by atoms with Gasteiger partial charge in [-0.1, -0.05) is 0 Å². The van der Waals surface area contributed by atoms with Crippen molar-refractivity contribution in [1.82, 2.24) is 10.6 Å². The first-order valence-corrected chi connectivity index (χ1v) is 9.38. The van der Waals surface area contributed by atoms with Crippen molar-refractivity contribution in [3.8, 4) is 0 Å². The highest BCUT2D eigenvalue weighted by Gasteiger charge is 2.19. The summed E-state index contributed by atoms with van der Waals surface area (Å²) >= 11 is 0. The van der Waals surface area contributed by atoms with Gasteiger partial charge in [-0.25, -0.2) is 9.59 Å². The molecule has 1 atom stereocenters. The number of nitrogens with one attached hydrogen (secondary N) is 2. The normalized spacial score (nSPS) is 14.1. The number of carbonyl (C=O) groups excluding carboxylic acids is 3. The maximum Gasteiger partial charge on any atom is 0.412 e. The van der Waals surface area contributed by atoms with Gasteiger partial charge in [-0.3, -0.25) is 15.1 Å². The highest BCUT2D eigenvalue weighted by molar-refractivity contribution is 6.05. The molecule has 0 radical (unpaired) electrons. The smallest absolute Gasteiger partial charge is 0.412 e. The fourth-order valence-electron chi connectivity index (χ4n) is 1.87. The van der Waals surface area contributed by atoms with E-state index in [9.17, 15) is 14.4 Å². The van der Waals surface area contributed by atoms with Crippen LogP contribution in [0, 0.1) is 0 Å². The minimum absolute atomic E-state index is 0.0448. The average Bonchev–Trinajstić information content (AvgIpc) is 2.48. The first-order valence-electron chi connectivity index (χ1n) is 9.38. The van der Waals surface area contributed by atoms with E-state index >= 15 is 0 Å². The molecule has 0 fully saturated rings. The number of alkyl carbamates (subject to hydrolysis) is 2. The molecule has 0 bridgehead atoms. The van der Waals surface area contributed by atoms with Gasteiger partial charge in [-0.15, -0.1) is 0 Å². The van der Waals surface area contributed by atoms with E-state index in [-0.39, 0.29) is 30.7 Å². The lowest BCUT2D eigenvalue weighted by molar-refractivity contribution is -0.114. The van der Waals surface area contributed by atoms with E-state index in [1.165, 1.54) is 13.0 Å². The van der Waals surface area contributed by atoms with Crippen molar-refractivity contribution < 1.29 is 28.6 Å². The van der Waals surface area contributed by atoms with Gasteiger partial charge in [0.1, 0.15) is 11.2 Å². The Hall–Kier alpha value is -2.42. The minimum Gasteiger partial charge on any atom is -0.444 e. The Balaban J connectivity index is 4.73. The quantitative estimate of drug-likeness (QED) is 0.467. The van der Waals surface area contributed by atoms with Crippen LogP contribution in [0.5, 0.6) is 0 Å². The first-order chi connectivity index (χ1) is 13.1. The third kappa shape index (κ3) is 14.3. The lowest BCUT2D eigenvalue weighted by atomic mass is 10.2. The maximum absolute atomic E-state index is 11.9. The molecule has 2 N–H and O–H groups in total. The molecule has 0 spiro atoms. The summed E-state index contributed by atoms with van der Waals surface area (Å²) in [4.78, 5) is 39.5. The molecule has 0 heterocycles. The Bertz CT molecular complexity index is 642. The van der Waals surface area contributed by atoms with E-state index in [2.05, 4.69) is 15.6 Å². The fraction of sp³-hybridized carbons (Fsp3) is 0.700. The van der Waals surface area contributed by atoms with Gasteiger partial charge in [0.15, 0.2) is 5.78 Å². The molecule has 0 aliphatic rings. The van der Waals surface area contributed by atoms with Gasteiger partial charge in [0.25, 0.3) is 0 Å². The fourth-order valence-corrected chi connectivity index (χ4v) is 1.87. The number of ether oxygens (including phenoxy) is 3. The van der Waals surface area contributed by atoms with Crippen LogP contribution in [0.25, 0.3) is 0 Å². The van der Waals surface area contributed by atoms with Crippen LogP contribution >= 0.6 is 0 Å². The summed E-state index contributed by atoms with van der Waals surface area (Å²) in [6.45, 7) is 13.9. The van der Waals surface area contributed by atoms with Gasteiger partial charge in [0, 0.05) is 14.0 Å². The molecule has 0 saturated carbocycles. The predicted molar refractivity (Wildman–Crippen MR) is 111 cm³/mol. The molecule has 9 nitrogen and oxygen atoms in total. The molecule has 9 heteroatoms. The highest BCUT2D eigenvalue weighted by atomic mass is 16.6. The molecule has 166 valence electrons.